The fourth-order valence-corrected chi connectivity index (χ4v) is 2.50. The highest BCUT2D eigenvalue weighted by Gasteiger charge is 2.16. The van der Waals surface area contributed by atoms with Crippen molar-refractivity contribution in [3.05, 3.63) is 71.3 Å². The smallest absolute Gasteiger partial charge is 0.355 e. The number of ether oxygens (including phenoxy) is 2. The number of halogens is 1. The summed E-state index contributed by atoms with van der Waals surface area (Å²) in [6, 6.07) is 12.0. The highest BCUT2D eigenvalue weighted by Crippen LogP contribution is 2.22. The van der Waals surface area contributed by atoms with Gasteiger partial charge in [0, 0.05) is 11.1 Å². The van der Waals surface area contributed by atoms with Crippen molar-refractivity contribution in [2.45, 2.75) is 13.5 Å². The van der Waals surface area contributed by atoms with Crippen LogP contribution in [0.5, 0.6) is 5.75 Å². The van der Waals surface area contributed by atoms with Crippen LogP contribution in [0, 0.1) is 12.7 Å². The molecule has 0 aliphatic carbocycles. The number of nitrogens with zero attached hydrogens (tertiary/aromatic N) is 1. The van der Waals surface area contributed by atoms with Crippen LogP contribution in [0.4, 0.5) is 4.39 Å². The third kappa shape index (κ3) is 2.90. The Balaban J connectivity index is 1.90. The lowest BCUT2D eigenvalue weighted by atomic mass is 10.2. The fourth-order valence-electron chi connectivity index (χ4n) is 2.50. The van der Waals surface area contributed by atoms with Crippen LogP contribution < -0.4 is 4.74 Å². The summed E-state index contributed by atoms with van der Waals surface area (Å²) in [5.74, 6) is -0.170. The van der Waals surface area contributed by atoms with Gasteiger partial charge in [0.2, 0.25) is 0 Å². The maximum atomic E-state index is 13.6. The maximum absolute atomic E-state index is 13.6. The molecule has 118 valence electrons. The molecule has 3 rings (SSSR count). The molecule has 2 heterocycles. The predicted molar refractivity (Wildman–Crippen MR) is 84.2 cm³/mol. The first-order chi connectivity index (χ1) is 11.1. The second-order valence-corrected chi connectivity index (χ2v) is 5.21. The maximum Gasteiger partial charge on any atom is 0.355 e. The summed E-state index contributed by atoms with van der Waals surface area (Å²) in [7, 11) is 1.35. The molecule has 0 saturated heterocycles. The molecule has 0 fully saturated rings. The lowest BCUT2D eigenvalue weighted by Gasteiger charge is -2.09. The Morgan fingerprint density at radius 3 is 2.74 bits per heavy atom. The average Bonchev–Trinajstić information content (AvgIpc) is 2.88. The van der Waals surface area contributed by atoms with E-state index in [4.69, 9.17) is 9.47 Å². The van der Waals surface area contributed by atoms with Crippen molar-refractivity contribution in [1.29, 1.82) is 0 Å². The quantitative estimate of drug-likeness (QED) is 0.689. The molecule has 23 heavy (non-hydrogen) atoms. The molecule has 5 heteroatoms. The number of fused-ring (bicyclic) bond motifs is 1. The number of carbonyl (C=O) groups excluding carboxylic acids is 1. The van der Waals surface area contributed by atoms with Crippen LogP contribution in [0.25, 0.3) is 5.52 Å². The number of aromatic nitrogens is 1. The summed E-state index contributed by atoms with van der Waals surface area (Å²) in [6.45, 7) is 1.96. The van der Waals surface area contributed by atoms with Crippen LogP contribution in [0.2, 0.25) is 0 Å². The number of hydrogen-bond donors (Lipinski definition) is 0. The standard InChI is InChI=1S/C18H16FNO3/c1-12-9-14-7-8-15(10-20(14)17(12)18(21)22-2)23-11-13-5-3-4-6-16(13)19/h3-10H,11H2,1-2H3. The minimum Gasteiger partial charge on any atom is -0.487 e. The van der Waals surface area contributed by atoms with E-state index >= 15 is 0 Å². The number of methoxy groups -OCH3 is 1. The number of benzene rings is 1. The second-order valence-electron chi connectivity index (χ2n) is 5.21. The molecule has 2 aromatic heterocycles. The van der Waals surface area contributed by atoms with E-state index in [-0.39, 0.29) is 12.4 Å². The molecule has 0 unspecified atom stereocenters. The molecular weight excluding hydrogens is 297 g/mol. The van der Waals surface area contributed by atoms with Gasteiger partial charge in [-0.15, -0.1) is 0 Å². The third-order valence-corrected chi connectivity index (χ3v) is 3.66. The van der Waals surface area contributed by atoms with Gasteiger partial charge in [-0.3, -0.25) is 0 Å². The Morgan fingerprint density at radius 2 is 2.00 bits per heavy atom. The van der Waals surface area contributed by atoms with E-state index in [2.05, 4.69) is 0 Å². The van der Waals surface area contributed by atoms with Crippen molar-refractivity contribution in [2.24, 2.45) is 0 Å². The van der Waals surface area contributed by atoms with E-state index in [9.17, 15) is 9.18 Å². The van der Waals surface area contributed by atoms with Crippen LogP contribution >= 0.6 is 0 Å². The normalized spacial score (nSPS) is 10.7. The molecule has 0 bridgehead atoms. The molecule has 0 atom stereocenters. The van der Waals surface area contributed by atoms with E-state index in [1.807, 2.05) is 19.1 Å². The van der Waals surface area contributed by atoms with Gasteiger partial charge in [0.15, 0.2) is 0 Å². The first-order valence-corrected chi connectivity index (χ1v) is 7.16. The second kappa shape index (κ2) is 6.12. The van der Waals surface area contributed by atoms with Crippen molar-refractivity contribution in [3.63, 3.8) is 0 Å². The minimum absolute atomic E-state index is 0.117. The van der Waals surface area contributed by atoms with E-state index < -0.39 is 5.97 Å². The average molecular weight is 313 g/mol. The Bertz CT molecular complexity index is 870. The van der Waals surface area contributed by atoms with Gasteiger partial charge in [0.1, 0.15) is 23.9 Å². The number of pyridine rings is 1. The summed E-state index contributed by atoms with van der Waals surface area (Å²) >= 11 is 0. The first kappa shape index (κ1) is 15.1. The number of esters is 1. The monoisotopic (exact) mass is 313 g/mol. The summed E-state index contributed by atoms with van der Waals surface area (Å²) in [4.78, 5) is 11.9. The molecule has 0 radical (unpaired) electrons. The molecule has 0 saturated carbocycles. The Labute approximate surface area is 133 Å². The minimum atomic E-state index is -0.409. The molecule has 0 aliphatic heterocycles. The SMILES string of the molecule is COC(=O)c1c(C)cc2ccc(OCc3ccccc3F)cn12. The van der Waals surface area contributed by atoms with Gasteiger partial charge < -0.3 is 13.9 Å². The molecule has 0 amide bonds. The molecule has 0 N–H and O–H groups in total. The van der Waals surface area contributed by atoms with Crippen molar-refractivity contribution < 1.29 is 18.7 Å². The van der Waals surface area contributed by atoms with E-state index in [0.29, 0.717) is 17.0 Å². The van der Waals surface area contributed by atoms with Crippen molar-refractivity contribution >= 4 is 11.5 Å². The molecule has 3 aromatic rings. The molecule has 4 nitrogen and oxygen atoms in total. The molecule has 1 aromatic carbocycles. The van der Waals surface area contributed by atoms with Gasteiger partial charge in [0.05, 0.1) is 13.3 Å². The molecule has 0 spiro atoms. The summed E-state index contributed by atoms with van der Waals surface area (Å²) < 4.78 is 25.8. The summed E-state index contributed by atoms with van der Waals surface area (Å²) in [5, 5.41) is 0. The number of hydrogen-bond acceptors (Lipinski definition) is 3. The molecule has 0 aliphatic rings. The lowest BCUT2D eigenvalue weighted by molar-refractivity contribution is 0.0592. The summed E-state index contributed by atoms with van der Waals surface area (Å²) in [6.07, 6.45) is 1.70. The Morgan fingerprint density at radius 1 is 1.22 bits per heavy atom. The molecular formula is C18H16FNO3. The van der Waals surface area contributed by atoms with Crippen LogP contribution in [0.1, 0.15) is 21.6 Å². The zero-order valence-corrected chi connectivity index (χ0v) is 12.9. The van der Waals surface area contributed by atoms with Crippen LogP contribution in [0.3, 0.4) is 0 Å². The topological polar surface area (TPSA) is 39.9 Å². The van der Waals surface area contributed by atoms with Crippen molar-refractivity contribution in [2.75, 3.05) is 7.11 Å². The lowest BCUT2D eigenvalue weighted by Crippen LogP contribution is -2.07. The van der Waals surface area contributed by atoms with Gasteiger partial charge in [-0.05, 0) is 36.8 Å². The highest BCUT2D eigenvalue weighted by molar-refractivity contribution is 5.91. The predicted octanol–water partition coefficient (Wildman–Crippen LogP) is 3.75. The number of rotatable bonds is 4. The van der Waals surface area contributed by atoms with Crippen LogP contribution in [-0.2, 0) is 11.3 Å². The van der Waals surface area contributed by atoms with E-state index in [0.717, 1.165) is 11.1 Å². The van der Waals surface area contributed by atoms with Gasteiger partial charge in [-0.2, -0.15) is 0 Å². The highest BCUT2D eigenvalue weighted by atomic mass is 19.1. The largest absolute Gasteiger partial charge is 0.487 e. The van der Waals surface area contributed by atoms with Gasteiger partial charge in [-0.25, -0.2) is 9.18 Å². The zero-order valence-electron chi connectivity index (χ0n) is 12.9. The third-order valence-electron chi connectivity index (χ3n) is 3.66. The fraction of sp³-hybridized carbons (Fsp3) is 0.167. The van der Waals surface area contributed by atoms with Gasteiger partial charge in [0.25, 0.3) is 0 Å². The Hall–Kier alpha value is -2.82. The van der Waals surface area contributed by atoms with Crippen LogP contribution in [-0.4, -0.2) is 17.5 Å². The number of aryl methyl sites for hydroxylation is 1. The zero-order chi connectivity index (χ0) is 16.4. The van der Waals surface area contributed by atoms with Crippen molar-refractivity contribution in [3.8, 4) is 5.75 Å². The van der Waals surface area contributed by atoms with E-state index in [1.54, 1.807) is 34.9 Å². The van der Waals surface area contributed by atoms with Crippen LogP contribution in [0.15, 0.2) is 48.7 Å². The van der Waals surface area contributed by atoms with Gasteiger partial charge in [-0.1, -0.05) is 18.2 Å². The van der Waals surface area contributed by atoms with E-state index in [1.165, 1.54) is 13.2 Å². The van der Waals surface area contributed by atoms with Crippen molar-refractivity contribution in [1.82, 2.24) is 4.40 Å². The Kier molecular flexibility index (Phi) is 4.02. The number of carbonyl (C=O) groups is 1. The first-order valence-electron chi connectivity index (χ1n) is 7.16. The van der Waals surface area contributed by atoms with Gasteiger partial charge >= 0.3 is 5.97 Å². The summed E-state index contributed by atoms with van der Waals surface area (Å²) in [5.41, 5.74) is 2.62.